The molecule has 2 aliphatic heterocycles. The summed E-state index contributed by atoms with van der Waals surface area (Å²) in [7, 11) is 0. The molecule has 0 radical (unpaired) electrons. The molecule has 0 aromatic heterocycles. The van der Waals surface area contributed by atoms with Crippen LogP contribution in [-0.4, -0.2) is 36.5 Å². The molecule has 1 saturated heterocycles. The maximum absolute atomic E-state index is 13.5. The van der Waals surface area contributed by atoms with E-state index in [2.05, 4.69) is 10.6 Å². The van der Waals surface area contributed by atoms with E-state index in [0.29, 0.717) is 36.1 Å². The van der Waals surface area contributed by atoms with Crippen molar-refractivity contribution >= 4 is 40.8 Å². The van der Waals surface area contributed by atoms with Gasteiger partial charge in [-0.25, -0.2) is 4.79 Å². The standard InChI is InChI=1S/C23H25Cl2N3O2/c1-2-26-22(30)28-10-4-6-16(14-28)23(13-15-5-3-7-17(24)11-15)19-9-8-18(25)12-20(19)27-21(23)29/h3,5,7-9,11-12,16H,2,4,6,10,13-14H2,1H3,(H,26,30)(H,27,29). The molecule has 0 aliphatic carbocycles. The molecule has 2 aliphatic rings. The van der Waals surface area contributed by atoms with Crippen molar-refractivity contribution in [2.45, 2.75) is 31.6 Å². The van der Waals surface area contributed by atoms with Crippen LogP contribution in [0.5, 0.6) is 0 Å². The molecule has 5 nitrogen and oxygen atoms in total. The zero-order valence-electron chi connectivity index (χ0n) is 16.9. The fraction of sp³-hybridized carbons (Fsp3) is 0.391. The molecule has 0 spiro atoms. The summed E-state index contributed by atoms with van der Waals surface area (Å²) in [4.78, 5) is 27.9. The first-order chi connectivity index (χ1) is 14.4. The summed E-state index contributed by atoms with van der Waals surface area (Å²) in [6.07, 6.45) is 2.24. The smallest absolute Gasteiger partial charge is 0.317 e. The van der Waals surface area contributed by atoms with Gasteiger partial charge in [-0.2, -0.15) is 0 Å². The predicted molar refractivity (Wildman–Crippen MR) is 120 cm³/mol. The molecule has 4 rings (SSSR count). The predicted octanol–water partition coefficient (Wildman–Crippen LogP) is 4.87. The van der Waals surface area contributed by atoms with Crippen molar-refractivity contribution in [2.24, 2.45) is 5.92 Å². The van der Waals surface area contributed by atoms with Gasteiger partial charge in [-0.05, 0) is 67.5 Å². The highest BCUT2D eigenvalue weighted by molar-refractivity contribution is 6.31. The van der Waals surface area contributed by atoms with Gasteiger partial charge in [0, 0.05) is 35.4 Å². The van der Waals surface area contributed by atoms with Crippen LogP contribution >= 0.6 is 23.2 Å². The molecule has 0 bridgehead atoms. The van der Waals surface area contributed by atoms with Crippen molar-refractivity contribution in [1.29, 1.82) is 0 Å². The number of likely N-dealkylation sites (tertiary alicyclic amines) is 1. The van der Waals surface area contributed by atoms with Crippen molar-refractivity contribution < 1.29 is 9.59 Å². The Balaban J connectivity index is 1.77. The molecule has 3 amide bonds. The zero-order chi connectivity index (χ0) is 21.3. The first kappa shape index (κ1) is 21.0. The van der Waals surface area contributed by atoms with E-state index < -0.39 is 5.41 Å². The number of amides is 3. The van der Waals surface area contributed by atoms with Crippen LogP contribution in [0.4, 0.5) is 10.5 Å². The number of fused-ring (bicyclic) bond motifs is 1. The number of piperidine rings is 1. The summed E-state index contributed by atoms with van der Waals surface area (Å²) in [5.41, 5.74) is 1.91. The third kappa shape index (κ3) is 3.77. The van der Waals surface area contributed by atoms with Crippen LogP contribution in [0, 0.1) is 5.92 Å². The summed E-state index contributed by atoms with van der Waals surface area (Å²) in [6.45, 7) is 3.71. The fourth-order valence-corrected chi connectivity index (χ4v) is 5.27. The van der Waals surface area contributed by atoms with Gasteiger partial charge < -0.3 is 15.5 Å². The zero-order valence-corrected chi connectivity index (χ0v) is 18.4. The molecule has 158 valence electrons. The van der Waals surface area contributed by atoms with Crippen molar-refractivity contribution in [1.82, 2.24) is 10.2 Å². The largest absolute Gasteiger partial charge is 0.338 e. The lowest BCUT2D eigenvalue weighted by atomic mass is 9.65. The second-order valence-electron chi connectivity index (χ2n) is 8.04. The molecule has 2 unspecified atom stereocenters. The normalized spacial score (nSPS) is 23.1. The lowest BCUT2D eigenvalue weighted by molar-refractivity contribution is -0.123. The summed E-state index contributed by atoms with van der Waals surface area (Å²) in [5, 5.41) is 7.17. The lowest BCUT2D eigenvalue weighted by Gasteiger charge is -2.42. The number of rotatable bonds is 4. The maximum Gasteiger partial charge on any atom is 0.317 e. The Labute approximate surface area is 186 Å². The second-order valence-corrected chi connectivity index (χ2v) is 8.92. The first-order valence-corrected chi connectivity index (χ1v) is 11.1. The molecule has 2 heterocycles. The molecule has 2 aromatic rings. The molecule has 2 atom stereocenters. The number of hydrogen-bond acceptors (Lipinski definition) is 2. The van der Waals surface area contributed by atoms with E-state index in [9.17, 15) is 9.59 Å². The number of benzene rings is 2. The van der Waals surface area contributed by atoms with Crippen LogP contribution < -0.4 is 10.6 Å². The number of nitrogens with one attached hydrogen (secondary N) is 2. The van der Waals surface area contributed by atoms with Crippen molar-refractivity contribution in [3.63, 3.8) is 0 Å². The highest BCUT2D eigenvalue weighted by Gasteiger charge is 2.53. The summed E-state index contributed by atoms with van der Waals surface area (Å²) in [5.74, 6) is -0.0576. The molecule has 2 aromatic carbocycles. The van der Waals surface area contributed by atoms with E-state index >= 15 is 0 Å². The SMILES string of the molecule is CCNC(=O)N1CCCC(C2(Cc3cccc(Cl)c3)C(=O)Nc3cc(Cl)ccc32)C1. The third-order valence-corrected chi connectivity index (χ3v) is 6.69. The Morgan fingerprint density at radius 2 is 2.03 bits per heavy atom. The van der Waals surface area contributed by atoms with Crippen LogP contribution in [0.25, 0.3) is 0 Å². The van der Waals surface area contributed by atoms with Crippen molar-refractivity contribution in [3.05, 3.63) is 63.6 Å². The summed E-state index contributed by atoms with van der Waals surface area (Å²) in [6, 6.07) is 13.2. The first-order valence-electron chi connectivity index (χ1n) is 10.3. The number of urea groups is 1. The minimum Gasteiger partial charge on any atom is -0.338 e. The van der Waals surface area contributed by atoms with Crippen LogP contribution in [0.1, 0.15) is 30.9 Å². The van der Waals surface area contributed by atoms with E-state index in [-0.39, 0.29) is 17.9 Å². The lowest BCUT2D eigenvalue weighted by Crippen LogP contribution is -2.53. The molecule has 2 N–H and O–H groups in total. The summed E-state index contributed by atoms with van der Waals surface area (Å²) < 4.78 is 0. The van der Waals surface area contributed by atoms with Gasteiger partial charge in [0.05, 0.1) is 5.41 Å². The minimum atomic E-state index is -0.782. The Hall–Kier alpha value is -2.24. The Morgan fingerprint density at radius 3 is 2.80 bits per heavy atom. The van der Waals surface area contributed by atoms with Gasteiger partial charge in [-0.1, -0.05) is 41.4 Å². The van der Waals surface area contributed by atoms with Crippen molar-refractivity contribution in [3.8, 4) is 0 Å². The number of carbonyl (C=O) groups is 2. The van der Waals surface area contributed by atoms with Crippen LogP contribution in [0.2, 0.25) is 10.0 Å². The average Bonchev–Trinajstić information content (AvgIpc) is 2.99. The molecule has 1 fully saturated rings. The number of anilines is 1. The molecule has 0 saturated carbocycles. The van der Waals surface area contributed by atoms with E-state index in [1.165, 1.54) is 0 Å². The molecular formula is C23H25Cl2N3O2. The van der Waals surface area contributed by atoms with Gasteiger partial charge in [0.15, 0.2) is 0 Å². The quantitative estimate of drug-likeness (QED) is 0.704. The van der Waals surface area contributed by atoms with Gasteiger partial charge >= 0.3 is 6.03 Å². The minimum absolute atomic E-state index is 0.0183. The van der Waals surface area contributed by atoms with Gasteiger partial charge in [0.25, 0.3) is 0 Å². The highest BCUT2D eigenvalue weighted by atomic mass is 35.5. The van der Waals surface area contributed by atoms with Gasteiger partial charge in [0.2, 0.25) is 5.91 Å². The van der Waals surface area contributed by atoms with Gasteiger partial charge in [0.1, 0.15) is 0 Å². The van der Waals surface area contributed by atoms with E-state index in [1.54, 1.807) is 6.07 Å². The monoisotopic (exact) mass is 445 g/mol. The van der Waals surface area contributed by atoms with Gasteiger partial charge in [-0.15, -0.1) is 0 Å². The topological polar surface area (TPSA) is 61.4 Å². The highest BCUT2D eigenvalue weighted by Crippen LogP contribution is 2.49. The van der Waals surface area contributed by atoms with E-state index in [4.69, 9.17) is 23.2 Å². The summed E-state index contributed by atoms with van der Waals surface area (Å²) >= 11 is 12.4. The third-order valence-electron chi connectivity index (χ3n) is 6.22. The second kappa shape index (κ2) is 8.48. The Bertz CT molecular complexity index is 981. The Kier molecular flexibility index (Phi) is 5.94. The van der Waals surface area contributed by atoms with E-state index in [1.807, 2.05) is 48.2 Å². The fourth-order valence-electron chi connectivity index (χ4n) is 4.89. The number of hydrogen-bond donors (Lipinski definition) is 2. The van der Waals surface area contributed by atoms with Crippen molar-refractivity contribution in [2.75, 3.05) is 25.0 Å². The molecular weight excluding hydrogens is 421 g/mol. The molecule has 30 heavy (non-hydrogen) atoms. The average molecular weight is 446 g/mol. The van der Waals surface area contributed by atoms with Crippen LogP contribution in [-0.2, 0) is 16.6 Å². The van der Waals surface area contributed by atoms with Crippen LogP contribution in [0.15, 0.2) is 42.5 Å². The molecule has 7 heteroatoms. The van der Waals surface area contributed by atoms with Crippen LogP contribution in [0.3, 0.4) is 0 Å². The Morgan fingerprint density at radius 1 is 1.23 bits per heavy atom. The van der Waals surface area contributed by atoms with E-state index in [0.717, 1.165) is 29.7 Å². The number of nitrogens with zero attached hydrogens (tertiary/aromatic N) is 1. The van der Waals surface area contributed by atoms with Gasteiger partial charge in [-0.3, -0.25) is 4.79 Å². The maximum atomic E-state index is 13.5. The number of halogens is 2. The number of carbonyl (C=O) groups excluding carboxylic acids is 2.